The zero-order chi connectivity index (χ0) is 15.1. The molecule has 0 spiro atoms. The van der Waals surface area contributed by atoms with Gasteiger partial charge in [-0.25, -0.2) is 8.78 Å². The van der Waals surface area contributed by atoms with E-state index in [-0.39, 0.29) is 5.41 Å². The van der Waals surface area contributed by atoms with Gasteiger partial charge in [0.1, 0.15) is 17.5 Å². The molecule has 0 aliphatic carbocycles. The number of aromatic nitrogens is 2. The predicted molar refractivity (Wildman–Crippen MR) is 76.1 cm³/mol. The Balaban J connectivity index is 2.60. The summed E-state index contributed by atoms with van der Waals surface area (Å²) >= 11 is 0. The Morgan fingerprint density at radius 2 is 1.70 bits per heavy atom. The number of nitrogen functional groups attached to an aromatic ring is 1. The van der Waals surface area contributed by atoms with E-state index < -0.39 is 11.6 Å². The molecule has 0 bridgehead atoms. The maximum absolute atomic E-state index is 13.4. The average molecular weight is 279 g/mol. The molecule has 2 rings (SSSR count). The van der Waals surface area contributed by atoms with E-state index in [1.54, 1.807) is 11.7 Å². The van der Waals surface area contributed by atoms with Gasteiger partial charge in [0, 0.05) is 18.7 Å². The Kier molecular flexibility index (Phi) is 3.54. The quantitative estimate of drug-likeness (QED) is 0.913. The number of halogens is 2. The minimum atomic E-state index is -0.620. The van der Waals surface area contributed by atoms with E-state index in [2.05, 4.69) is 25.9 Å². The standard InChI is InChI=1S/C15H19F2N3/c1-15(2,3)8-12-13(14(18)20(4)19-12)9-5-10(16)7-11(17)6-9/h5-7H,8,18H2,1-4H3. The molecule has 0 radical (unpaired) electrons. The van der Waals surface area contributed by atoms with E-state index in [0.717, 1.165) is 11.8 Å². The monoisotopic (exact) mass is 279 g/mol. The summed E-state index contributed by atoms with van der Waals surface area (Å²) in [5, 5.41) is 4.38. The largest absolute Gasteiger partial charge is 0.383 e. The molecule has 1 heterocycles. The van der Waals surface area contributed by atoms with Crippen molar-refractivity contribution in [2.24, 2.45) is 12.5 Å². The molecule has 1 aromatic carbocycles. The van der Waals surface area contributed by atoms with Crippen LogP contribution in [-0.4, -0.2) is 9.78 Å². The molecule has 1 aromatic heterocycles. The fourth-order valence-corrected chi connectivity index (χ4v) is 2.23. The van der Waals surface area contributed by atoms with Crippen molar-refractivity contribution in [3.63, 3.8) is 0 Å². The molecular formula is C15H19F2N3. The number of hydrogen-bond acceptors (Lipinski definition) is 2. The summed E-state index contributed by atoms with van der Waals surface area (Å²) in [5.74, 6) is -0.829. The number of benzene rings is 1. The van der Waals surface area contributed by atoms with Gasteiger partial charge in [0.2, 0.25) is 0 Å². The number of nitrogens with two attached hydrogens (primary N) is 1. The van der Waals surface area contributed by atoms with Crippen LogP contribution in [0.15, 0.2) is 18.2 Å². The highest BCUT2D eigenvalue weighted by atomic mass is 19.1. The van der Waals surface area contributed by atoms with Crippen molar-refractivity contribution in [2.75, 3.05) is 5.73 Å². The number of nitrogens with zero attached hydrogens (tertiary/aromatic N) is 2. The van der Waals surface area contributed by atoms with Crippen LogP contribution in [0.3, 0.4) is 0 Å². The molecule has 2 N–H and O–H groups in total. The molecule has 0 amide bonds. The molecule has 0 saturated carbocycles. The van der Waals surface area contributed by atoms with Crippen LogP contribution in [0, 0.1) is 17.0 Å². The number of rotatable bonds is 2. The first-order chi connectivity index (χ1) is 9.17. The molecule has 2 aromatic rings. The summed E-state index contributed by atoms with van der Waals surface area (Å²) in [7, 11) is 1.72. The molecule has 3 nitrogen and oxygen atoms in total. The van der Waals surface area contributed by atoms with Gasteiger partial charge in [-0.3, -0.25) is 4.68 Å². The van der Waals surface area contributed by atoms with Crippen molar-refractivity contribution in [2.45, 2.75) is 27.2 Å². The third-order valence-corrected chi connectivity index (χ3v) is 3.01. The average Bonchev–Trinajstić information content (AvgIpc) is 2.50. The lowest BCUT2D eigenvalue weighted by Gasteiger charge is -2.17. The summed E-state index contributed by atoms with van der Waals surface area (Å²) in [6.07, 6.45) is 0.672. The van der Waals surface area contributed by atoms with E-state index in [1.807, 2.05) is 0 Å². The van der Waals surface area contributed by atoms with Gasteiger partial charge in [-0.05, 0) is 29.5 Å². The maximum atomic E-state index is 13.4. The molecule has 108 valence electrons. The fourth-order valence-electron chi connectivity index (χ4n) is 2.23. The summed E-state index contributed by atoms with van der Waals surface area (Å²) in [4.78, 5) is 0. The van der Waals surface area contributed by atoms with Crippen LogP contribution in [0.4, 0.5) is 14.6 Å². The van der Waals surface area contributed by atoms with Crippen LogP contribution in [0.1, 0.15) is 26.5 Å². The Labute approximate surface area is 117 Å². The molecule has 0 saturated heterocycles. The molecule has 5 heteroatoms. The van der Waals surface area contributed by atoms with Crippen molar-refractivity contribution in [1.82, 2.24) is 9.78 Å². The third-order valence-electron chi connectivity index (χ3n) is 3.01. The first kappa shape index (κ1) is 14.5. The topological polar surface area (TPSA) is 43.8 Å². The van der Waals surface area contributed by atoms with Crippen LogP contribution in [0.25, 0.3) is 11.1 Å². The first-order valence-corrected chi connectivity index (χ1v) is 6.45. The maximum Gasteiger partial charge on any atom is 0.129 e. The first-order valence-electron chi connectivity index (χ1n) is 6.45. The highest BCUT2D eigenvalue weighted by molar-refractivity contribution is 5.76. The number of hydrogen-bond donors (Lipinski definition) is 1. The minimum Gasteiger partial charge on any atom is -0.383 e. The summed E-state index contributed by atoms with van der Waals surface area (Å²) in [6, 6.07) is 3.41. The van der Waals surface area contributed by atoms with Crippen LogP contribution < -0.4 is 5.73 Å². The predicted octanol–water partition coefficient (Wildman–Crippen LogP) is 3.54. The van der Waals surface area contributed by atoms with Gasteiger partial charge < -0.3 is 5.73 Å². The summed E-state index contributed by atoms with van der Waals surface area (Å²) in [5.41, 5.74) is 7.80. The van der Waals surface area contributed by atoms with E-state index >= 15 is 0 Å². The Hall–Kier alpha value is -1.91. The summed E-state index contributed by atoms with van der Waals surface area (Å²) < 4.78 is 28.4. The third kappa shape index (κ3) is 2.98. The van der Waals surface area contributed by atoms with Crippen molar-refractivity contribution < 1.29 is 8.78 Å². The molecule has 0 aliphatic heterocycles. The second-order valence-corrected chi connectivity index (χ2v) is 6.23. The van der Waals surface area contributed by atoms with E-state index in [9.17, 15) is 8.78 Å². The fraction of sp³-hybridized carbons (Fsp3) is 0.400. The molecule has 0 unspecified atom stereocenters. The van der Waals surface area contributed by atoms with Gasteiger partial charge in [0.05, 0.1) is 5.69 Å². The van der Waals surface area contributed by atoms with Crippen LogP contribution in [0.2, 0.25) is 0 Å². The Morgan fingerprint density at radius 1 is 1.15 bits per heavy atom. The lowest BCUT2D eigenvalue weighted by Crippen LogP contribution is -2.10. The zero-order valence-electron chi connectivity index (χ0n) is 12.2. The van der Waals surface area contributed by atoms with E-state index in [4.69, 9.17) is 5.73 Å². The van der Waals surface area contributed by atoms with Crippen LogP contribution >= 0.6 is 0 Å². The molecular weight excluding hydrogens is 260 g/mol. The number of aryl methyl sites for hydroxylation is 1. The van der Waals surface area contributed by atoms with Crippen molar-refractivity contribution in [1.29, 1.82) is 0 Å². The van der Waals surface area contributed by atoms with Crippen molar-refractivity contribution in [3.8, 4) is 11.1 Å². The lowest BCUT2D eigenvalue weighted by atomic mass is 9.88. The molecule has 0 fully saturated rings. The molecule has 20 heavy (non-hydrogen) atoms. The Morgan fingerprint density at radius 3 is 2.20 bits per heavy atom. The lowest BCUT2D eigenvalue weighted by molar-refractivity contribution is 0.405. The second kappa shape index (κ2) is 4.89. The van der Waals surface area contributed by atoms with Gasteiger partial charge in [-0.15, -0.1) is 0 Å². The van der Waals surface area contributed by atoms with Crippen LogP contribution in [-0.2, 0) is 13.5 Å². The van der Waals surface area contributed by atoms with Gasteiger partial charge in [0.15, 0.2) is 0 Å². The van der Waals surface area contributed by atoms with Gasteiger partial charge >= 0.3 is 0 Å². The smallest absolute Gasteiger partial charge is 0.129 e. The number of anilines is 1. The van der Waals surface area contributed by atoms with E-state index in [1.165, 1.54) is 12.1 Å². The normalized spacial score (nSPS) is 11.9. The van der Waals surface area contributed by atoms with Crippen molar-refractivity contribution in [3.05, 3.63) is 35.5 Å². The molecule has 0 aliphatic rings. The highest BCUT2D eigenvalue weighted by Gasteiger charge is 2.21. The Bertz CT molecular complexity index is 619. The second-order valence-electron chi connectivity index (χ2n) is 6.23. The van der Waals surface area contributed by atoms with Crippen LogP contribution in [0.5, 0.6) is 0 Å². The van der Waals surface area contributed by atoms with Crippen molar-refractivity contribution >= 4 is 5.82 Å². The minimum absolute atomic E-state index is 0.00140. The molecule has 0 atom stereocenters. The van der Waals surface area contributed by atoms with Gasteiger partial charge in [0.25, 0.3) is 0 Å². The van der Waals surface area contributed by atoms with Gasteiger partial charge in [-0.1, -0.05) is 20.8 Å². The zero-order valence-corrected chi connectivity index (χ0v) is 12.2. The van der Waals surface area contributed by atoms with Gasteiger partial charge in [-0.2, -0.15) is 5.10 Å². The van der Waals surface area contributed by atoms with E-state index in [0.29, 0.717) is 23.4 Å². The summed E-state index contributed by atoms with van der Waals surface area (Å²) in [6.45, 7) is 6.23. The SMILES string of the molecule is Cn1nc(CC(C)(C)C)c(-c2cc(F)cc(F)c2)c1N. The highest BCUT2D eigenvalue weighted by Crippen LogP contribution is 2.34.